The predicted molar refractivity (Wildman–Crippen MR) is 107 cm³/mol. The highest BCUT2D eigenvalue weighted by Crippen LogP contribution is 2.17. The van der Waals surface area contributed by atoms with Crippen LogP contribution in [-0.4, -0.2) is 20.4 Å². The number of rotatable bonds is 6. The Morgan fingerprint density at radius 1 is 1.11 bits per heavy atom. The minimum atomic E-state index is -3.63. The van der Waals surface area contributed by atoms with Crippen molar-refractivity contribution in [2.45, 2.75) is 31.2 Å². The Labute approximate surface area is 162 Å². The number of hydrogen-bond acceptors (Lipinski definition) is 5. The van der Waals surface area contributed by atoms with E-state index in [9.17, 15) is 18.0 Å². The van der Waals surface area contributed by atoms with Crippen LogP contribution in [0.3, 0.4) is 0 Å². The first kappa shape index (κ1) is 19.8. The fourth-order valence-corrected chi connectivity index (χ4v) is 3.88. The summed E-state index contributed by atoms with van der Waals surface area (Å²) in [6.07, 6.45) is 0.668. The maximum atomic E-state index is 12.4. The molecule has 0 saturated carbocycles. The number of hydrogen-bond donors (Lipinski definition) is 2. The molecule has 146 valence electrons. The number of anilines is 1. The standard InChI is InChI=1S/C20H20N2O5S/c1-3-13(2)22-28(25,26)16-10-8-15(9-11-16)21-19(23)17-12-14-6-4-5-7-18(14)27-20(17)24/h4-13,22H,3H2,1-2H3,(H,21,23)/t13-/m0/s1. The number of sulfonamides is 1. The van der Waals surface area contributed by atoms with Gasteiger partial charge in [0.2, 0.25) is 10.0 Å². The van der Waals surface area contributed by atoms with Gasteiger partial charge in [0, 0.05) is 17.1 Å². The summed E-state index contributed by atoms with van der Waals surface area (Å²) in [5, 5.41) is 3.21. The molecule has 3 rings (SSSR count). The Hall–Kier alpha value is -2.97. The lowest BCUT2D eigenvalue weighted by molar-refractivity contribution is 0.102. The zero-order valence-electron chi connectivity index (χ0n) is 15.4. The van der Waals surface area contributed by atoms with Crippen LogP contribution in [0.15, 0.2) is 68.7 Å². The molecule has 1 atom stereocenters. The normalized spacial score (nSPS) is 12.6. The highest BCUT2D eigenvalue weighted by atomic mass is 32.2. The fourth-order valence-electron chi connectivity index (χ4n) is 2.55. The number of amides is 1. The summed E-state index contributed by atoms with van der Waals surface area (Å²) in [6.45, 7) is 3.66. The minimum Gasteiger partial charge on any atom is -0.422 e. The average molecular weight is 400 g/mol. The molecule has 3 aromatic rings. The van der Waals surface area contributed by atoms with Crippen molar-refractivity contribution in [3.8, 4) is 0 Å². The van der Waals surface area contributed by atoms with Gasteiger partial charge in [-0.3, -0.25) is 4.79 Å². The number of nitrogens with one attached hydrogen (secondary N) is 2. The van der Waals surface area contributed by atoms with Gasteiger partial charge < -0.3 is 9.73 Å². The van der Waals surface area contributed by atoms with Gasteiger partial charge in [-0.1, -0.05) is 25.1 Å². The first-order chi connectivity index (χ1) is 13.3. The van der Waals surface area contributed by atoms with E-state index >= 15 is 0 Å². The number of fused-ring (bicyclic) bond motifs is 1. The van der Waals surface area contributed by atoms with Crippen LogP contribution in [0, 0.1) is 0 Å². The summed E-state index contributed by atoms with van der Waals surface area (Å²) >= 11 is 0. The van der Waals surface area contributed by atoms with Crippen LogP contribution in [0.5, 0.6) is 0 Å². The molecule has 0 aliphatic rings. The molecule has 0 bridgehead atoms. The van der Waals surface area contributed by atoms with Crippen LogP contribution >= 0.6 is 0 Å². The van der Waals surface area contributed by atoms with Gasteiger partial charge in [-0.05, 0) is 49.7 Å². The van der Waals surface area contributed by atoms with E-state index in [-0.39, 0.29) is 16.5 Å². The summed E-state index contributed by atoms with van der Waals surface area (Å²) in [5.74, 6) is -0.632. The first-order valence-electron chi connectivity index (χ1n) is 8.77. The summed E-state index contributed by atoms with van der Waals surface area (Å²) in [4.78, 5) is 24.6. The Morgan fingerprint density at radius 3 is 2.46 bits per heavy atom. The molecule has 0 aliphatic heterocycles. The van der Waals surface area contributed by atoms with E-state index < -0.39 is 21.6 Å². The quantitative estimate of drug-likeness (QED) is 0.619. The van der Waals surface area contributed by atoms with E-state index in [1.807, 2.05) is 6.92 Å². The molecule has 2 aromatic carbocycles. The SMILES string of the molecule is CC[C@H](C)NS(=O)(=O)c1ccc(NC(=O)c2cc3ccccc3oc2=O)cc1. The smallest absolute Gasteiger partial charge is 0.349 e. The fraction of sp³-hybridized carbons (Fsp3) is 0.200. The maximum Gasteiger partial charge on any atom is 0.349 e. The minimum absolute atomic E-state index is 0.0935. The van der Waals surface area contributed by atoms with Crippen molar-refractivity contribution in [2.75, 3.05) is 5.32 Å². The molecule has 0 aliphatic carbocycles. The van der Waals surface area contributed by atoms with E-state index in [4.69, 9.17) is 4.42 Å². The van der Waals surface area contributed by atoms with Crippen LogP contribution in [0.4, 0.5) is 5.69 Å². The Balaban J connectivity index is 1.80. The molecule has 28 heavy (non-hydrogen) atoms. The molecular weight excluding hydrogens is 380 g/mol. The van der Waals surface area contributed by atoms with Crippen molar-refractivity contribution >= 4 is 32.6 Å². The molecule has 0 radical (unpaired) electrons. The van der Waals surface area contributed by atoms with Gasteiger partial charge in [0.05, 0.1) is 4.90 Å². The lowest BCUT2D eigenvalue weighted by atomic mass is 10.1. The van der Waals surface area contributed by atoms with Gasteiger partial charge in [-0.25, -0.2) is 17.9 Å². The second kappa shape index (κ2) is 7.95. The third kappa shape index (κ3) is 4.29. The number of carbonyl (C=O) groups is 1. The van der Waals surface area contributed by atoms with E-state index in [1.54, 1.807) is 31.2 Å². The van der Waals surface area contributed by atoms with E-state index in [0.717, 1.165) is 0 Å². The number of benzene rings is 2. The Kier molecular flexibility index (Phi) is 5.62. The zero-order valence-corrected chi connectivity index (χ0v) is 16.2. The first-order valence-corrected chi connectivity index (χ1v) is 10.2. The van der Waals surface area contributed by atoms with Crippen LogP contribution in [0.1, 0.15) is 30.6 Å². The van der Waals surface area contributed by atoms with Crippen molar-refractivity contribution < 1.29 is 17.6 Å². The molecule has 2 N–H and O–H groups in total. The van der Waals surface area contributed by atoms with Crippen molar-refractivity contribution in [1.82, 2.24) is 4.72 Å². The molecule has 0 fully saturated rings. The van der Waals surface area contributed by atoms with E-state index in [1.165, 1.54) is 30.3 Å². The molecule has 1 heterocycles. The second-order valence-electron chi connectivity index (χ2n) is 6.39. The predicted octanol–water partition coefficient (Wildman–Crippen LogP) is 3.12. The van der Waals surface area contributed by atoms with Crippen LogP contribution in [0.2, 0.25) is 0 Å². The molecular formula is C20H20N2O5S. The number of carbonyl (C=O) groups excluding carboxylic acids is 1. The zero-order chi connectivity index (χ0) is 20.3. The molecule has 0 saturated heterocycles. The summed E-state index contributed by atoms with van der Waals surface area (Å²) in [6, 6.07) is 13.9. The monoisotopic (exact) mass is 400 g/mol. The highest BCUT2D eigenvalue weighted by Gasteiger charge is 2.17. The van der Waals surface area contributed by atoms with E-state index in [2.05, 4.69) is 10.0 Å². The third-order valence-electron chi connectivity index (χ3n) is 4.28. The highest BCUT2D eigenvalue weighted by molar-refractivity contribution is 7.89. The molecule has 1 amide bonds. The Morgan fingerprint density at radius 2 is 1.79 bits per heavy atom. The van der Waals surface area contributed by atoms with Gasteiger partial charge in [0.25, 0.3) is 5.91 Å². The van der Waals surface area contributed by atoms with Crippen molar-refractivity contribution in [3.63, 3.8) is 0 Å². The summed E-state index contributed by atoms with van der Waals surface area (Å²) in [7, 11) is -3.63. The van der Waals surface area contributed by atoms with Gasteiger partial charge in [0.15, 0.2) is 0 Å². The lowest BCUT2D eigenvalue weighted by Gasteiger charge is -2.12. The van der Waals surface area contributed by atoms with Gasteiger partial charge in [-0.15, -0.1) is 0 Å². The van der Waals surface area contributed by atoms with Gasteiger partial charge >= 0.3 is 5.63 Å². The van der Waals surface area contributed by atoms with Crippen molar-refractivity contribution in [1.29, 1.82) is 0 Å². The molecule has 0 unspecified atom stereocenters. The average Bonchev–Trinajstić information content (AvgIpc) is 2.67. The number of para-hydroxylation sites is 1. The Bertz CT molecular complexity index is 1170. The maximum absolute atomic E-state index is 12.4. The lowest BCUT2D eigenvalue weighted by Crippen LogP contribution is -2.31. The summed E-state index contributed by atoms with van der Waals surface area (Å²) in [5.41, 5.74) is -0.116. The van der Waals surface area contributed by atoms with Crippen molar-refractivity contribution in [3.05, 3.63) is 70.6 Å². The largest absolute Gasteiger partial charge is 0.422 e. The molecule has 0 spiro atoms. The second-order valence-corrected chi connectivity index (χ2v) is 8.11. The topological polar surface area (TPSA) is 105 Å². The third-order valence-corrected chi connectivity index (χ3v) is 5.88. The van der Waals surface area contributed by atoms with E-state index in [0.29, 0.717) is 23.1 Å². The van der Waals surface area contributed by atoms with Crippen LogP contribution in [-0.2, 0) is 10.0 Å². The van der Waals surface area contributed by atoms with Gasteiger partial charge in [0.1, 0.15) is 11.1 Å². The van der Waals surface area contributed by atoms with Gasteiger partial charge in [-0.2, -0.15) is 0 Å². The van der Waals surface area contributed by atoms with Crippen LogP contribution in [0.25, 0.3) is 11.0 Å². The molecule has 7 nitrogen and oxygen atoms in total. The summed E-state index contributed by atoms with van der Waals surface area (Å²) < 4.78 is 32.3. The molecule has 8 heteroatoms. The molecule has 1 aromatic heterocycles. The van der Waals surface area contributed by atoms with Crippen molar-refractivity contribution in [2.24, 2.45) is 0 Å². The van der Waals surface area contributed by atoms with Crippen LogP contribution < -0.4 is 15.7 Å².